The molecule has 0 aliphatic carbocycles. The van der Waals surface area contributed by atoms with Crippen LogP contribution in [0, 0.1) is 5.53 Å². The average Bonchev–Trinajstić information content (AvgIpc) is 3.33. The summed E-state index contributed by atoms with van der Waals surface area (Å²) in [6.07, 6.45) is 1.57. The number of unbranched alkanes of at least 4 members (excludes halogenated alkanes) is 1. The fraction of sp³-hybridized carbons (Fsp3) is 0.310. The minimum atomic E-state index is -1.37. The Morgan fingerprint density at radius 3 is 2.43 bits per heavy atom. The van der Waals surface area contributed by atoms with Crippen molar-refractivity contribution in [3.8, 4) is 5.75 Å². The van der Waals surface area contributed by atoms with Gasteiger partial charge >= 0.3 is 5.97 Å². The lowest BCUT2D eigenvalue weighted by Crippen LogP contribution is -2.44. The van der Waals surface area contributed by atoms with E-state index in [0.717, 1.165) is 40.8 Å². The van der Waals surface area contributed by atoms with Crippen LogP contribution in [0.4, 0.5) is 0 Å². The van der Waals surface area contributed by atoms with E-state index < -0.39 is 17.6 Å². The highest BCUT2D eigenvalue weighted by Crippen LogP contribution is 2.43. The van der Waals surface area contributed by atoms with Gasteiger partial charge in [0.2, 0.25) is 16.3 Å². The highest BCUT2D eigenvalue weighted by Gasteiger charge is 2.54. The highest BCUT2D eigenvalue weighted by atomic mass is 16.5. The van der Waals surface area contributed by atoms with Gasteiger partial charge in [0.25, 0.3) is 0 Å². The van der Waals surface area contributed by atoms with Gasteiger partial charge in [0.1, 0.15) is 22.9 Å². The molecule has 1 heterocycles. The first kappa shape index (κ1) is 25.8. The second-order valence-electron chi connectivity index (χ2n) is 8.81. The maximum Gasteiger partial charge on any atom is 0.338 e. The molecule has 0 fully saturated rings. The number of carbonyl (C=O) groups is 1. The van der Waals surface area contributed by atoms with Crippen molar-refractivity contribution in [3.05, 3.63) is 101 Å². The zero-order valence-electron chi connectivity index (χ0n) is 21.1. The first-order chi connectivity index (χ1) is 18.1. The summed E-state index contributed by atoms with van der Waals surface area (Å²) < 4.78 is 17.6. The van der Waals surface area contributed by atoms with Gasteiger partial charge in [-0.1, -0.05) is 67.9 Å². The molecular formula is C29H31N4O4+. The molecule has 0 bridgehead atoms. The third kappa shape index (κ3) is 5.76. The number of hydrogen-bond acceptors (Lipinski definition) is 7. The normalized spacial score (nSPS) is 18.3. The lowest BCUT2D eigenvalue weighted by atomic mass is 9.81. The zero-order chi connectivity index (χ0) is 26.1. The standard InChI is InChI=1S/C29H31N4O4/c1-3-4-18-36-25-16-14-22(15-17-25)27-32-29(28(34)35-2,26(37-27)21-10-6-5-7-11-21)19-23-12-8-9-13-24(23)20-31-33-30/h5-17,26,30H,3-4,18-20H2,1-2H3/q+1/t26-,29-/m1/s1. The van der Waals surface area contributed by atoms with Crippen LogP contribution in [0.25, 0.3) is 0 Å². The van der Waals surface area contributed by atoms with Crippen molar-refractivity contribution in [1.82, 2.24) is 4.91 Å². The van der Waals surface area contributed by atoms with Gasteiger partial charge < -0.3 is 14.2 Å². The third-order valence-electron chi connectivity index (χ3n) is 6.36. The van der Waals surface area contributed by atoms with Crippen LogP contribution in [0.2, 0.25) is 0 Å². The first-order valence-electron chi connectivity index (χ1n) is 12.3. The van der Waals surface area contributed by atoms with E-state index >= 15 is 0 Å². The Kier molecular flexibility index (Phi) is 8.44. The van der Waals surface area contributed by atoms with Gasteiger partial charge in [-0.25, -0.2) is 9.79 Å². The van der Waals surface area contributed by atoms with Crippen molar-refractivity contribution in [2.45, 2.75) is 44.4 Å². The summed E-state index contributed by atoms with van der Waals surface area (Å²) in [7, 11) is 1.36. The fourth-order valence-electron chi connectivity index (χ4n) is 4.43. The van der Waals surface area contributed by atoms with Crippen LogP contribution in [0.3, 0.4) is 0 Å². The van der Waals surface area contributed by atoms with E-state index in [1.807, 2.05) is 78.9 Å². The number of nitrogens with one attached hydrogen (secondary N) is 1. The molecule has 1 aliphatic heterocycles. The zero-order valence-corrected chi connectivity index (χ0v) is 21.1. The average molecular weight is 500 g/mol. The molecule has 0 unspecified atom stereocenters. The molecular weight excluding hydrogens is 468 g/mol. The molecule has 0 saturated heterocycles. The van der Waals surface area contributed by atoms with Crippen molar-refractivity contribution in [2.75, 3.05) is 13.7 Å². The number of rotatable bonds is 11. The van der Waals surface area contributed by atoms with Crippen molar-refractivity contribution >= 4 is 11.9 Å². The van der Waals surface area contributed by atoms with Gasteiger partial charge in [-0.05, 0) is 47.4 Å². The molecule has 1 aliphatic rings. The molecule has 0 spiro atoms. The Morgan fingerprint density at radius 2 is 1.76 bits per heavy atom. The molecule has 1 N–H and O–H groups in total. The highest BCUT2D eigenvalue weighted by molar-refractivity contribution is 6.00. The van der Waals surface area contributed by atoms with E-state index in [1.54, 1.807) is 0 Å². The van der Waals surface area contributed by atoms with Crippen LogP contribution in [0.5, 0.6) is 5.75 Å². The lowest BCUT2D eigenvalue weighted by Gasteiger charge is -2.29. The van der Waals surface area contributed by atoms with E-state index in [2.05, 4.69) is 16.9 Å². The number of methoxy groups -OCH3 is 1. The number of ether oxygens (including phenoxy) is 3. The summed E-state index contributed by atoms with van der Waals surface area (Å²) in [5.41, 5.74) is 8.94. The van der Waals surface area contributed by atoms with Crippen molar-refractivity contribution in [2.24, 2.45) is 10.1 Å². The Hall–Kier alpha value is -4.29. The molecule has 3 aromatic carbocycles. The molecule has 0 saturated carbocycles. The first-order valence-corrected chi connectivity index (χ1v) is 12.3. The summed E-state index contributed by atoms with van der Waals surface area (Å²) in [5, 5.41) is 3.84. The molecule has 2 atom stereocenters. The van der Waals surface area contributed by atoms with E-state index in [9.17, 15) is 4.79 Å². The maximum absolute atomic E-state index is 13.5. The van der Waals surface area contributed by atoms with Gasteiger partial charge in [-0.2, -0.15) is 0 Å². The number of carbonyl (C=O) groups excluding carboxylic acids is 1. The van der Waals surface area contributed by atoms with Crippen LogP contribution in [-0.4, -0.2) is 31.1 Å². The maximum atomic E-state index is 13.5. The molecule has 8 nitrogen and oxygen atoms in total. The van der Waals surface area contributed by atoms with E-state index in [-0.39, 0.29) is 13.0 Å². The summed E-state index contributed by atoms with van der Waals surface area (Å²) in [4.78, 5) is 21.6. The lowest BCUT2D eigenvalue weighted by molar-refractivity contribution is -0.149. The van der Waals surface area contributed by atoms with Gasteiger partial charge in [-0.15, -0.1) is 0 Å². The summed E-state index contributed by atoms with van der Waals surface area (Å²) in [5.74, 6) is 0.641. The quantitative estimate of drug-likeness (QED) is 0.161. The molecule has 190 valence electrons. The van der Waals surface area contributed by atoms with Crippen molar-refractivity contribution in [1.29, 1.82) is 5.53 Å². The van der Waals surface area contributed by atoms with E-state index in [0.29, 0.717) is 12.5 Å². The molecule has 0 amide bonds. The smallest absolute Gasteiger partial charge is 0.338 e. The number of benzene rings is 3. The van der Waals surface area contributed by atoms with Gasteiger partial charge in [-0.3, -0.25) is 0 Å². The third-order valence-corrected chi connectivity index (χ3v) is 6.36. The Labute approximate surface area is 216 Å². The van der Waals surface area contributed by atoms with Crippen molar-refractivity contribution in [3.63, 3.8) is 0 Å². The molecule has 0 radical (unpaired) electrons. The number of aliphatic imine (C=N–C) groups is 1. The van der Waals surface area contributed by atoms with Crippen molar-refractivity contribution < 1.29 is 19.0 Å². The van der Waals surface area contributed by atoms with E-state index in [4.69, 9.17) is 24.7 Å². The van der Waals surface area contributed by atoms with Crippen LogP contribution >= 0.6 is 0 Å². The Bertz CT molecular complexity index is 1290. The minimum absolute atomic E-state index is 0.226. The fourth-order valence-corrected chi connectivity index (χ4v) is 4.43. The topological polar surface area (TPSA) is 107 Å². The largest absolute Gasteiger partial charge is 0.494 e. The number of hydrogen-bond donors (Lipinski definition) is 1. The molecule has 37 heavy (non-hydrogen) atoms. The predicted octanol–water partition coefficient (Wildman–Crippen LogP) is 5.59. The summed E-state index contributed by atoms with van der Waals surface area (Å²) >= 11 is 0. The minimum Gasteiger partial charge on any atom is -0.494 e. The van der Waals surface area contributed by atoms with Crippen LogP contribution < -0.4 is 9.65 Å². The Balaban J connectivity index is 1.77. The number of nitrogens with zero attached hydrogens (tertiary/aromatic N) is 3. The number of esters is 1. The van der Waals surface area contributed by atoms with Crippen LogP contribution in [0.1, 0.15) is 48.1 Å². The predicted molar refractivity (Wildman–Crippen MR) is 140 cm³/mol. The van der Waals surface area contributed by atoms with Crippen LogP contribution in [-0.2, 0) is 27.2 Å². The molecule has 0 aromatic heterocycles. The second-order valence-corrected chi connectivity index (χ2v) is 8.81. The Morgan fingerprint density at radius 1 is 1.05 bits per heavy atom. The van der Waals surface area contributed by atoms with Gasteiger partial charge in [0, 0.05) is 12.0 Å². The second kappa shape index (κ2) is 12.1. The van der Waals surface area contributed by atoms with Crippen LogP contribution in [0.15, 0.2) is 89.0 Å². The molecule has 8 heteroatoms. The van der Waals surface area contributed by atoms with Gasteiger partial charge in [0.15, 0.2) is 6.10 Å². The van der Waals surface area contributed by atoms with E-state index in [1.165, 1.54) is 7.11 Å². The van der Waals surface area contributed by atoms with Gasteiger partial charge in [0.05, 0.1) is 13.7 Å². The molecule has 4 rings (SSSR count). The summed E-state index contributed by atoms with van der Waals surface area (Å²) in [6.45, 7) is 3.01. The molecule has 3 aromatic rings. The monoisotopic (exact) mass is 499 g/mol. The SMILES string of the molecule is CCCCOc1ccc(C2=N[C@@](Cc3ccccc3CN=[N+]=N)(C(=O)OC)[C@@H](c3ccccc3)O2)cc1. The summed E-state index contributed by atoms with van der Waals surface area (Å²) in [6, 6.07) is 24.7.